The topological polar surface area (TPSA) is 117 Å². The summed E-state index contributed by atoms with van der Waals surface area (Å²) >= 11 is 0. The van der Waals surface area contributed by atoms with Gasteiger partial charge in [0.25, 0.3) is 5.91 Å². The van der Waals surface area contributed by atoms with Crippen LogP contribution in [0.15, 0.2) is 48.5 Å². The number of benzene rings is 2. The number of anilines is 1. The highest BCUT2D eigenvalue weighted by atomic mass is 16.5. The van der Waals surface area contributed by atoms with Gasteiger partial charge in [-0.2, -0.15) is 5.10 Å². The van der Waals surface area contributed by atoms with Crippen LogP contribution in [0, 0.1) is 13.5 Å². The summed E-state index contributed by atoms with van der Waals surface area (Å²) in [5.41, 5.74) is 3.71. The number of alkyl carbamates (subject to hydrolysis) is 1. The van der Waals surface area contributed by atoms with Gasteiger partial charge in [0, 0.05) is 13.1 Å². The van der Waals surface area contributed by atoms with Crippen LogP contribution in [0.25, 0.3) is 15.9 Å². The molecule has 3 heterocycles. The number of hydrogen-bond acceptors (Lipinski definition) is 6. The van der Waals surface area contributed by atoms with Gasteiger partial charge in [-0.15, -0.1) is 0 Å². The first-order valence-electron chi connectivity index (χ1n) is 12.3. The lowest BCUT2D eigenvalue weighted by Crippen LogP contribution is -2.31. The van der Waals surface area contributed by atoms with Crippen LogP contribution in [0.3, 0.4) is 0 Å². The largest absolute Gasteiger partial charge is 0.490 e. The van der Waals surface area contributed by atoms with Crippen LogP contribution in [-0.4, -0.2) is 44.5 Å². The summed E-state index contributed by atoms with van der Waals surface area (Å²) in [6, 6.07) is 14.3. The van der Waals surface area contributed by atoms with E-state index in [1.807, 2.05) is 48.7 Å². The van der Waals surface area contributed by atoms with E-state index in [1.54, 1.807) is 22.9 Å². The number of carbonyl (C=O) groups excluding carboxylic acids is 2. The highest BCUT2D eigenvalue weighted by Crippen LogP contribution is 2.40. The van der Waals surface area contributed by atoms with Crippen LogP contribution in [0.1, 0.15) is 41.1 Å². The lowest BCUT2D eigenvalue weighted by Gasteiger charge is -2.27. The number of ether oxygens (including phenoxy) is 2. The number of carbonyl (C=O) groups is 2. The molecule has 11 heteroatoms. The first kappa shape index (κ1) is 24.8. The number of imidazole rings is 1. The van der Waals surface area contributed by atoms with Crippen molar-refractivity contribution in [1.29, 1.82) is 0 Å². The van der Waals surface area contributed by atoms with Crippen LogP contribution >= 0.6 is 0 Å². The number of rotatable bonds is 8. The molecule has 2 N–H and O–H groups in total. The second-order valence-electron chi connectivity index (χ2n) is 8.91. The lowest BCUT2D eigenvalue weighted by molar-refractivity contribution is 0.101. The van der Waals surface area contributed by atoms with Gasteiger partial charge in [-0.3, -0.25) is 14.8 Å². The Labute approximate surface area is 219 Å². The smallest absolute Gasteiger partial charge is 0.407 e. The van der Waals surface area contributed by atoms with Crippen molar-refractivity contribution in [3.8, 4) is 5.75 Å². The molecule has 0 spiro atoms. The van der Waals surface area contributed by atoms with Crippen molar-refractivity contribution in [2.24, 2.45) is 0 Å². The molecule has 0 aliphatic carbocycles. The second-order valence-corrected chi connectivity index (χ2v) is 8.91. The first-order valence-corrected chi connectivity index (χ1v) is 12.3. The zero-order valence-corrected chi connectivity index (χ0v) is 21.1. The summed E-state index contributed by atoms with van der Waals surface area (Å²) < 4.78 is 14.8. The molecule has 0 saturated heterocycles. The number of nitrogens with zero attached hydrogens (tertiary/aromatic N) is 5. The third kappa shape index (κ3) is 5.01. The van der Waals surface area contributed by atoms with Crippen LogP contribution in [0.5, 0.6) is 5.75 Å². The molecule has 0 saturated carbocycles. The highest BCUT2D eigenvalue weighted by molar-refractivity contribution is 6.03. The molecule has 194 valence electrons. The van der Waals surface area contributed by atoms with E-state index < -0.39 is 6.09 Å². The van der Waals surface area contributed by atoms with Crippen molar-refractivity contribution >= 4 is 34.7 Å². The maximum Gasteiger partial charge on any atom is 0.407 e. The van der Waals surface area contributed by atoms with E-state index in [9.17, 15) is 9.59 Å². The van der Waals surface area contributed by atoms with E-state index in [-0.39, 0.29) is 25.2 Å². The summed E-state index contributed by atoms with van der Waals surface area (Å²) in [7, 11) is 0. The predicted octanol–water partition coefficient (Wildman–Crippen LogP) is 4.61. The van der Waals surface area contributed by atoms with Gasteiger partial charge in [0.05, 0.1) is 23.8 Å². The quantitative estimate of drug-likeness (QED) is 0.332. The lowest BCUT2D eigenvalue weighted by atomic mass is 10.1. The molecule has 0 bridgehead atoms. The Morgan fingerprint density at radius 1 is 1.24 bits per heavy atom. The van der Waals surface area contributed by atoms with Gasteiger partial charge < -0.3 is 19.4 Å². The number of aryl methyl sites for hydroxylation is 2. The van der Waals surface area contributed by atoms with Crippen molar-refractivity contribution in [3.05, 3.63) is 76.9 Å². The molecule has 5 rings (SSSR count). The van der Waals surface area contributed by atoms with Crippen molar-refractivity contribution in [2.75, 3.05) is 18.5 Å². The Morgan fingerprint density at radius 3 is 2.82 bits per heavy atom. The Balaban J connectivity index is 1.35. The highest BCUT2D eigenvalue weighted by Gasteiger charge is 2.29. The molecule has 4 aromatic rings. The third-order valence-electron chi connectivity index (χ3n) is 6.28. The molecule has 11 nitrogen and oxygen atoms in total. The van der Waals surface area contributed by atoms with Crippen LogP contribution in [-0.2, 0) is 17.9 Å². The summed E-state index contributed by atoms with van der Waals surface area (Å²) in [6.07, 6.45) is -0.00898. The molecule has 2 aromatic carbocycles. The molecule has 0 radical (unpaired) electrons. The third-order valence-corrected chi connectivity index (χ3v) is 6.28. The molecule has 1 atom stereocenters. The van der Waals surface area contributed by atoms with Crippen molar-refractivity contribution in [2.45, 2.75) is 39.5 Å². The Morgan fingerprint density at radius 2 is 2.05 bits per heavy atom. The number of nitrogens with one attached hydrogen (secondary N) is 2. The fraction of sp³-hybridized carbons (Fsp3) is 0.296. The number of hydrogen-bond donors (Lipinski definition) is 2. The Bertz CT molecular complexity index is 1530. The van der Waals surface area contributed by atoms with Gasteiger partial charge in [0.2, 0.25) is 5.95 Å². The molecular formula is C27H27N7O4. The number of amides is 2. The molecule has 1 aliphatic heterocycles. The second kappa shape index (κ2) is 10.6. The van der Waals surface area contributed by atoms with Crippen LogP contribution in [0.4, 0.5) is 16.4 Å². The molecule has 2 aromatic heterocycles. The summed E-state index contributed by atoms with van der Waals surface area (Å²) in [5.74, 6) is 0.538. The summed E-state index contributed by atoms with van der Waals surface area (Å²) in [6.45, 7) is 12.5. The maximum absolute atomic E-state index is 13.2. The molecule has 1 aliphatic rings. The minimum absolute atomic E-state index is 0.183. The standard InChI is InChI=1S/C27H27N7O4/c1-4-33-22(12-17(2)32-33)25(35)31-26-30-21-13-19(28-3)14-23-24(21)34(26)20(16-37-23)10-11-29-27(36)38-15-18-8-6-5-7-9-18/h5-9,12-14,20H,4,10-11,15-16H2,1-2H3,(H,29,36)(H,30,31,35)/t20-/m0/s1. The maximum atomic E-state index is 13.2. The molecule has 0 fully saturated rings. The van der Waals surface area contributed by atoms with Crippen LogP contribution < -0.4 is 15.4 Å². The van der Waals surface area contributed by atoms with Gasteiger partial charge >= 0.3 is 6.09 Å². The van der Waals surface area contributed by atoms with Gasteiger partial charge in [0.15, 0.2) is 5.69 Å². The van der Waals surface area contributed by atoms with E-state index >= 15 is 0 Å². The van der Waals surface area contributed by atoms with E-state index in [4.69, 9.17) is 16.0 Å². The molecule has 0 unspecified atom stereocenters. The van der Waals surface area contributed by atoms with E-state index in [1.165, 1.54) is 0 Å². The fourth-order valence-corrected chi connectivity index (χ4v) is 4.52. The zero-order chi connectivity index (χ0) is 26.6. The van der Waals surface area contributed by atoms with Crippen molar-refractivity contribution in [1.82, 2.24) is 24.6 Å². The zero-order valence-electron chi connectivity index (χ0n) is 21.1. The first-order chi connectivity index (χ1) is 18.5. The SMILES string of the molecule is [C-]#[N+]c1cc2c3c(c1)nc(NC(=O)c1cc(C)nn1CC)n3[C@@H](CCNC(=O)OCc1ccccc1)CO2. The van der Waals surface area contributed by atoms with Gasteiger partial charge in [-0.25, -0.2) is 14.6 Å². The average Bonchev–Trinajstić information content (AvgIpc) is 3.50. The molecule has 2 amide bonds. The average molecular weight is 514 g/mol. The van der Waals surface area contributed by atoms with Gasteiger partial charge in [0.1, 0.15) is 30.2 Å². The predicted molar refractivity (Wildman–Crippen MR) is 140 cm³/mol. The summed E-state index contributed by atoms with van der Waals surface area (Å²) in [5, 5.41) is 10.1. The van der Waals surface area contributed by atoms with Crippen LogP contribution in [0.2, 0.25) is 0 Å². The minimum Gasteiger partial charge on any atom is -0.490 e. The fourth-order valence-electron chi connectivity index (χ4n) is 4.52. The Hall–Kier alpha value is -4.85. The number of aromatic nitrogens is 4. The van der Waals surface area contributed by atoms with E-state index in [0.717, 1.165) is 11.3 Å². The Kier molecular flexibility index (Phi) is 6.95. The summed E-state index contributed by atoms with van der Waals surface area (Å²) in [4.78, 5) is 33.6. The molecule has 38 heavy (non-hydrogen) atoms. The normalized spacial score (nSPS) is 14.0. The van der Waals surface area contributed by atoms with Crippen molar-refractivity contribution < 1.29 is 19.1 Å². The van der Waals surface area contributed by atoms with E-state index in [2.05, 4.69) is 25.6 Å². The van der Waals surface area contributed by atoms with E-state index in [0.29, 0.717) is 53.6 Å². The van der Waals surface area contributed by atoms with Gasteiger partial charge in [-0.1, -0.05) is 30.3 Å². The minimum atomic E-state index is -0.514. The van der Waals surface area contributed by atoms with Gasteiger partial charge in [-0.05, 0) is 44.0 Å². The van der Waals surface area contributed by atoms with Crippen molar-refractivity contribution in [3.63, 3.8) is 0 Å². The monoisotopic (exact) mass is 513 g/mol. The molecular weight excluding hydrogens is 486 g/mol.